The first-order chi connectivity index (χ1) is 8.95. The second-order valence-electron chi connectivity index (χ2n) is 4.42. The molecule has 1 aromatic carbocycles. The lowest BCUT2D eigenvalue weighted by Crippen LogP contribution is -2.29. The van der Waals surface area contributed by atoms with Crippen LogP contribution in [0.3, 0.4) is 0 Å². The summed E-state index contributed by atoms with van der Waals surface area (Å²) in [5.41, 5.74) is 6.33. The Kier molecular flexibility index (Phi) is 6.01. The van der Waals surface area contributed by atoms with Gasteiger partial charge >= 0.3 is 0 Å². The third-order valence-electron chi connectivity index (χ3n) is 2.90. The highest BCUT2D eigenvalue weighted by Gasteiger charge is 2.15. The number of rotatable bonds is 7. The van der Waals surface area contributed by atoms with Gasteiger partial charge in [0.1, 0.15) is 5.69 Å². The van der Waals surface area contributed by atoms with E-state index in [9.17, 15) is 10.1 Å². The average molecular weight is 287 g/mol. The molecule has 0 heterocycles. The smallest absolute Gasteiger partial charge is 0.292 e. The summed E-state index contributed by atoms with van der Waals surface area (Å²) in [7, 11) is 3.89. The van der Waals surface area contributed by atoms with Crippen molar-refractivity contribution < 1.29 is 4.92 Å². The Morgan fingerprint density at radius 1 is 1.47 bits per heavy atom. The molecule has 6 nitrogen and oxygen atoms in total. The van der Waals surface area contributed by atoms with E-state index in [2.05, 4.69) is 10.2 Å². The van der Waals surface area contributed by atoms with E-state index in [0.29, 0.717) is 11.4 Å². The zero-order valence-electron chi connectivity index (χ0n) is 11.1. The zero-order chi connectivity index (χ0) is 14.4. The largest absolute Gasteiger partial charge is 0.393 e. The molecule has 0 bridgehead atoms. The number of nitrogens with two attached hydrogens (primary N) is 1. The van der Waals surface area contributed by atoms with Crippen LogP contribution in [0.1, 0.15) is 5.56 Å². The summed E-state index contributed by atoms with van der Waals surface area (Å²) in [5.74, 6) is 0. The van der Waals surface area contributed by atoms with Crippen molar-refractivity contribution in [3.8, 4) is 0 Å². The summed E-state index contributed by atoms with van der Waals surface area (Å²) in [6, 6.07) is 2.91. The predicted molar refractivity (Wildman–Crippen MR) is 77.6 cm³/mol. The van der Waals surface area contributed by atoms with Crippen LogP contribution in [-0.4, -0.2) is 43.6 Å². The van der Waals surface area contributed by atoms with E-state index in [1.165, 1.54) is 12.1 Å². The minimum absolute atomic E-state index is 0.0859. The molecule has 0 aliphatic rings. The van der Waals surface area contributed by atoms with Crippen molar-refractivity contribution in [3.05, 3.63) is 32.8 Å². The zero-order valence-corrected chi connectivity index (χ0v) is 11.9. The molecule has 0 saturated carbocycles. The maximum Gasteiger partial charge on any atom is 0.292 e. The molecule has 1 rings (SSSR count). The van der Waals surface area contributed by atoms with Crippen LogP contribution in [0.15, 0.2) is 12.1 Å². The van der Waals surface area contributed by atoms with E-state index in [4.69, 9.17) is 17.3 Å². The van der Waals surface area contributed by atoms with Crippen LogP contribution >= 0.6 is 11.6 Å². The third kappa shape index (κ3) is 4.66. The van der Waals surface area contributed by atoms with Gasteiger partial charge in [0, 0.05) is 30.7 Å². The van der Waals surface area contributed by atoms with Crippen molar-refractivity contribution in [3.63, 3.8) is 0 Å². The molecule has 0 aliphatic carbocycles. The van der Waals surface area contributed by atoms with E-state index in [1.807, 2.05) is 14.1 Å². The van der Waals surface area contributed by atoms with Crippen LogP contribution < -0.4 is 11.1 Å². The van der Waals surface area contributed by atoms with E-state index in [-0.39, 0.29) is 11.4 Å². The SMILES string of the molecule is CNCCN(C)CCc1cc([N+](=O)[O-])c(N)cc1Cl. The van der Waals surface area contributed by atoms with Crippen LogP contribution in [0.25, 0.3) is 0 Å². The number of nitro benzene ring substituents is 1. The highest BCUT2D eigenvalue weighted by atomic mass is 35.5. The fraction of sp³-hybridized carbons (Fsp3) is 0.500. The summed E-state index contributed by atoms with van der Waals surface area (Å²) in [6.45, 7) is 2.58. The van der Waals surface area contributed by atoms with Gasteiger partial charge in [0.15, 0.2) is 0 Å². The van der Waals surface area contributed by atoms with Crippen molar-refractivity contribution in [1.82, 2.24) is 10.2 Å². The Balaban J connectivity index is 2.73. The van der Waals surface area contributed by atoms with Crippen LogP contribution in [0.4, 0.5) is 11.4 Å². The minimum Gasteiger partial charge on any atom is -0.393 e. The highest BCUT2D eigenvalue weighted by molar-refractivity contribution is 6.31. The number of nitrogen functional groups attached to an aromatic ring is 1. The topological polar surface area (TPSA) is 84.4 Å². The molecule has 1 aromatic rings. The number of likely N-dealkylation sites (N-methyl/N-ethyl adjacent to an activating group) is 2. The lowest BCUT2D eigenvalue weighted by molar-refractivity contribution is -0.384. The normalized spacial score (nSPS) is 10.9. The molecule has 0 amide bonds. The molecule has 19 heavy (non-hydrogen) atoms. The van der Waals surface area contributed by atoms with Crippen molar-refractivity contribution in [2.24, 2.45) is 0 Å². The predicted octanol–water partition coefficient (Wildman–Crippen LogP) is 1.52. The van der Waals surface area contributed by atoms with Crippen molar-refractivity contribution >= 4 is 23.0 Å². The van der Waals surface area contributed by atoms with E-state index >= 15 is 0 Å². The summed E-state index contributed by atoms with van der Waals surface area (Å²) in [6.07, 6.45) is 0.653. The van der Waals surface area contributed by atoms with Gasteiger partial charge in [-0.3, -0.25) is 10.1 Å². The number of nitro groups is 1. The van der Waals surface area contributed by atoms with Crippen LogP contribution in [0.5, 0.6) is 0 Å². The van der Waals surface area contributed by atoms with Gasteiger partial charge in [-0.05, 0) is 32.1 Å². The van der Waals surface area contributed by atoms with Crippen molar-refractivity contribution in [2.75, 3.05) is 39.5 Å². The minimum atomic E-state index is -0.486. The van der Waals surface area contributed by atoms with Gasteiger partial charge in [-0.25, -0.2) is 0 Å². The molecule has 7 heteroatoms. The fourth-order valence-electron chi connectivity index (χ4n) is 1.70. The summed E-state index contributed by atoms with van der Waals surface area (Å²) < 4.78 is 0. The maximum atomic E-state index is 10.8. The molecule has 0 saturated heterocycles. The molecule has 0 aromatic heterocycles. The van der Waals surface area contributed by atoms with Crippen molar-refractivity contribution in [1.29, 1.82) is 0 Å². The Morgan fingerprint density at radius 3 is 2.74 bits per heavy atom. The molecule has 3 N–H and O–H groups in total. The Bertz CT molecular complexity index is 454. The van der Waals surface area contributed by atoms with Crippen LogP contribution in [-0.2, 0) is 6.42 Å². The number of nitrogens with one attached hydrogen (secondary N) is 1. The Hall–Kier alpha value is -1.37. The number of anilines is 1. The first kappa shape index (κ1) is 15.7. The number of halogens is 1. The first-order valence-electron chi connectivity index (χ1n) is 6.01. The summed E-state index contributed by atoms with van der Waals surface area (Å²) in [4.78, 5) is 12.5. The Morgan fingerprint density at radius 2 is 2.16 bits per heavy atom. The lowest BCUT2D eigenvalue weighted by Gasteiger charge is -2.16. The summed E-state index contributed by atoms with van der Waals surface area (Å²) >= 11 is 6.06. The molecule has 0 unspecified atom stereocenters. The molecule has 0 fully saturated rings. The van der Waals surface area contributed by atoms with Gasteiger partial charge in [0.2, 0.25) is 0 Å². The maximum absolute atomic E-state index is 10.8. The highest BCUT2D eigenvalue weighted by Crippen LogP contribution is 2.29. The number of benzene rings is 1. The van der Waals surface area contributed by atoms with Crippen LogP contribution in [0, 0.1) is 10.1 Å². The van der Waals surface area contributed by atoms with Crippen LogP contribution in [0.2, 0.25) is 5.02 Å². The van der Waals surface area contributed by atoms with E-state index < -0.39 is 4.92 Å². The van der Waals surface area contributed by atoms with E-state index in [0.717, 1.165) is 25.2 Å². The van der Waals surface area contributed by atoms with Gasteiger partial charge in [0.05, 0.1) is 4.92 Å². The first-order valence-corrected chi connectivity index (χ1v) is 6.39. The van der Waals surface area contributed by atoms with E-state index in [1.54, 1.807) is 0 Å². The number of hydrogen-bond donors (Lipinski definition) is 2. The fourth-order valence-corrected chi connectivity index (χ4v) is 1.96. The molecule has 0 aliphatic heterocycles. The molecule has 0 radical (unpaired) electrons. The average Bonchev–Trinajstić information content (AvgIpc) is 2.34. The van der Waals surface area contributed by atoms with Gasteiger partial charge < -0.3 is 16.0 Å². The summed E-state index contributed by atoms with van der Waals surface area (Å²) in [5, 5.41) is 14.4. The monoisotopic (exact) mass is 286 g/mol. The second kappa shape index (κ2) is 7.28. The van der Waals surface area contributed by atoms with Crippen molar-refractivity contribution in [2.45, 2.75) is 6.42 Å². The number of hydrogen-bond acceptors (Lipinski definition) is 5. The number of nitrogens with zero attached hydrogens (tertiary/aromatic N) is 2. The quantitative estimate of drug-likeness (QED) is 0.451. The van der Waals surface area contributed by atoms with Gasteiger partial charge in [0.25, 0.3) is 5.69 Å². The molecule has 0 spiro atoms. The lowest BCUT2D eigenvalue weighted by atomic mass is 10.1. The van der Waals surface area contributed by atoms with Gasteiger partial charge in [-0.15, -0.1) is 0 Å². The third-order valence-corrected chi connectivity index (χ3v) is 3.25. The molecule has 106 valence electrons. The standard InChI is InChI=1S/C12H19ClN4O2/c1-15-4-6-16(2)5-3-9-7-12(17(18)19)11(14)8-10(9)13/h7-8,15H,3-6,14H2,1-2H3. The van der Waals surface area contributed by atoms with Gasteiger partial charge in [-0.2, -0.15) is 0 Å². The molecular weight excluding hydrogens is 268 g/mol. The Labute approximate surface area is 117 Å². The van der Waals surface area contributed by atoms with Gasteiger partial charge in [-0.1, -0.05) is 11.6 Å². The molecular formula is C12H19ClN4O2. The second-order valence-corrected chi connectivity index (χ2v) is 4.82. The molecule has 0 atom stereocenters.